The normalized spacial score (nSPS) is 27.0. The van der Waals surface area contributed by atoms with Gasteiger partial charge >= 0.3 is 0 Å². The lowest BCUT2D eigenvalue weighted by molar-refractivity contribution is 0.0930. The van der Waals surface area contributed by atoms with Crippen molar-refractivity contribution in [2.75, 3.05) is 0 Å². The number of hydrogen-bond donors (Lipinski definition) is 2. The molecule has 2 fully saturated rings. The molecule has 1 aromatic carbocycles. The van der Waals surface area contributed by atoms with Gasteiger partial charge in [-0.3, -0.25) is 4.79 Å². The Morgan fingerprint density at radius 2 is 2.14 bits per heavy atom. The second kappa shape index (κ2) is 5.24. The summed E-state index contributed by atoms with van der Waals surface area (Å²) in [5, 5.41) is 7.22. The van der Waals surface area contributed by atoms with Gasteiger partial charge in [-0.15, -0.1) is 11.3 Å². The molecule has 2 N–H and O–H groups in total. The first-order valence-electron chi connectivity index (χ1n) is 7.38. The average Bonchev–Trinajstić information content (AvgIpc) is 3.24. The second-order valence-electron chi connectivity index (χ2n) is 5.76. The van der Waals surface area contributed by atoms with Crippen LogP contribution in [0.15, 0.2) is 36.5 Å². The van der Waals surface area contributed by atoms with Gasteiger partial charge in [-0.2, -0.15) is 0 Å². The number of carbonyl (C=O) groups is 1. The zero-order valence-corrected chi connectivity index (χ0v) is 12.4. The first-order valence-corrected chi connectivity index (χ1v) is 8.19. The zero-order valence-electron chi connectivity index (χ0n) is 11.6. The van der Waals surface area contributed by atoms with Gasteiger partial charge in [0.15, 0.2) is 5.01 Å². The summed E-state index contributed by atoms with van der Waals surface area (Å²) >= 11 is 1.45. The Bertz CT molecular complexity index is 655. The van der Waals surface area contributed by atoms with Crippen molar-refractivity contribution in [3.05, 3.63) is 41.5 Å². The molecule has 4 rings (SSSR count). The Labute approximate surface area is 127 Å². The van der Waals surface area contributed by atoms with Crippen molar-refractivity contribution in [1.29, 1.82) is 0 Å². The smallest absolute Gasteiger partial charge is 0.280 e. The largest absolute Gasteiger partial charge is 0.346 e. The number of amides is 1. The maximum Gasteiger partial charge on any atom is 0.280 e. The highest BCUT2D eigenvalue weighted by molar-refractivity contribution is 7.16. The number of aromatic nitrogens is 1. The van der Waals surface area contributed by atoms with Gasteiger partial charge in [0.25, 0.3) is 5.91 Å². The van der Waals surface area contributed by atoms with Crippen LogP contribution in [0.1, 0.15) is 29.1 Å². The fourth-order valence-corrected chi connectivity index (χ4v) is 4.15. The van der Waals surface area contributed by atoms with Gasteiger partial charge in [0, 0.05) is 24.3 Å². The molecule has 2 aromatic rings. The maximum absolute atomic E-state index is 12.3. The number of rotatable bonds is 3. The molecule has 5 heteroatoms. The molecule has 0 spiro atoms. The summed E-state index contributed by atoms with van der Waals surface area (Å²) in [6.07, 6.45) is 5.25. The molecule has 1 amide bonds. The molecule has 3 heterocycles. The van der Waals surface area contributed by atoms with Gasteiger partial charge in [-0.25, -0.2) is 4.98 Å². The highest BCUT2D eigenvalue weighted by Gasteiger charge is 2.39. The van der Waals surface area contributed by atoms with E-state index < -0.39 is 0 Å². The van der Waals surface area contributed by atoms with E-state index in [-0.39, 0.29) is 11.9 Å². The molecule has 1 aromatic heterocycles. The van der Waals surface area contributed by atoms with E-state index in [0.717, 1.165) is 16.9 Å². The molecule has 2 saturated heterocycles. The van der Waals surface area contributed by atoms with Crippen LogP contribution in [0.4, 0.5) is 0 Å². The molecule has 4 nitrogen and oxygen atoms in total. The van der Waals surface area contributed by atoms with Crippen molar-refractivity contribution in [3.8, 4) is 10.4 Å². The van der Waals surface area contributed by atoms with E-state index in [2.05, 4.69) is 15.6 Å². The molecule has 0 saturated carbocycles. The number of hydrogen-bond acceptors (Lipinski definition) is 4. The minimum Gasteiger partial charge on any atom is -0.346 e. The topological polar surface area (TPSA) is 54.0 Å². The number of thiazole rings is 1. The molecular formula is C16H17N3OS. The molecule has 2 aliphatic heterocycles. The van der Waals surface area contributed by atoms with Gasteiger partial charge in [0.2, 0.25) is 0 Å². The molecular weight excluding hydrogens is 282 g/mol. The monoisotopic (exact) mass is 299 g/mol. The first kappa shape index (κ1) is 13.0. The highest BCUT2D eigenvalue weighted by Crippen LogP contribution is 2.29. The molecule has 0 aliphatic carbocycles. The third kappa shape index (κ3) is 2.47. The first-order chi connectivity index (χ1) is 10.3. The van der Waals surface area contributed by atoms with Crippen molar-refractivity contribution >= 4 is 17.2 Å². The maximum atomic E-state index is 12.3. The summed E-state index contributed by atoms with van der Waals surface area (Å²) in [5.41, 5.74) is 1.11. The lowest BCUT2D eigenvalue weighted by Gasteiger charge is -2.20. The third-order valence-corrected chi connectivity index (χ3v) is 5.42. The summed E-state index contributed by atoms with van der Waals surface area (Å²) in [6, 6.07) is 11.4. The van der Waals surface area contributed by atoms with Crippen LogP contribution in [0.2, 0.25) is 0 Å². The summed E-state index contributed by atoms with van der Waals surface area (Å²) in [6.45, 7) is 0. The van der Waals surface area contributed by atoms with Gasteiger partial charge in [0.1, 0.15) is 0 Å². The van der Waals surface area contributed by atoms with E-state index >= 15 is 0 Å². The third-order valence-electron chi connectivity index (χ3n) is 4.37. The summed E-state index contributed by atoms with van der Waals surface area (Å²) in [7, 11) is 0. The summed E-state index contributed by atoms with van der Waals surface area (Å²) in [4.78, 5) is 17.6. The molecule has 108 valence electrons. The van der Waals surface area contributed by atoms with Crippen LogP contribution < -0.4 is 10.6 Å². The van der Waals surface area contributed by atoms with E-state index in [1.165, 1.54) is 24.2 Å². The second-order valence-corrected chi connectivity index (χ2v) is 6.79. The molecule has 2 aliphatic rings. The van der Waals surface area contributed by atoms with Gasteiger partial charge in [-0.1, -0.05) is 30.3 Å². The van der Waals surface area contributed by atoms with E-state index in [4.69, 9.17) is 0 Å². The minimum absolute atomic E-state index is 0.0402. The quantitative estimate of drug-likeness (QED) is 0.915. The molecule has 0 radical (unpaired) electrons. The lowest BCUT2D eigenvalue weighted by Crippen LogP contribution is -2.42. The Balaban J connectivity index is 1.47. The van der Waals surface area contributed by atoms with Crippen molar-refractivity contribution in [2.45, 2.75) is 37.4 Å². The van der Waals surface area contributed by atoms with Crippen LogP contribution in [0.5, 0.6) is 0 Å². The fourth-order valence-electron chi connectivity index (χ4n) is 3.33. The molecule has 2 bridgehead atoms. The SMILES string of the molecule is O=C(NC1CC2CCC1N2)c1ncc(-c2ccccc2)s1. The van der Waals surface area contributed by atoms with Gasteiger partial charge < -0.3 is 10.6 Å². The highest BCUT2D eigenvalue weighted by atomic mass is 32.1. The predicted molar refractivity (Wildman–Crippen MR) is 83.4 cm³/mol. The van der Waals surface area contributed by atoms with E-state index in [1.807, 2.05) is 30.3 Å². The van der Waals surface area contributed by atoms with Crippen LogP contribution in [-0.4, -0.2) is 29.0 Å². The van der Waals surface area contributed by atoms with Crippen LogP contribution >= 0.6 is 11.3 Å². The Morgan fingerprint density at radius 1 is 1.29 bits per heavy atom. The number of nitrogens with zero attached hydrogens (tertiary/aromatic N) is 1. The molecule has 3 atom stereocenters. The summed E-state index contributed by atoms with van der Waals surface area (Å²) in [5.74, 6) is -0.0402. The average molecular weight is 299 g/mol. The minimum atomic E-state index is -0.0402. The van der Waals surface area contributed by atoms with Gasteiger partial charge in [0.05, 0.1) is 4.88 Å². The van der Waals surface area contributed by atoms with Crippen LogP contribution in [0.3, 0.4) is 0 Å². The van der Waals surface area contributed by atoms with Crippen LogP contribution in [-0.2, 0) is 0 Å². The number of nitrogens with one attached hydrogen (secondary N) is 2. The van der Waals surface area contributed by atoms with E-state index in [1.54, 1.807) is 6.20 Å². The van der Waals surface area contributed by atoms with Crippen molar-refractivity contribution in [3.63, 3.8) is 0 Å². The predicted octanol–water partition coefficient (Wildman–Crippen LogP) is 2.43. The van der Waals surface area contributed by atoms with E-state index in [9.17, 15) is 4.79 Å². The summed E-state index contributed by atoms with van der Waals surface area (Å²) < 4.78 is 0. The Kier molecular flexibility index (Phi) is 3.24. The number of carbonyl (C=O) groups excluding carboxylic acids is 1. The molecule has 3 unspecified atom stereocenters. The zero-order chi connectivity index (χ0) is 14.2. The lowest BCUT2D eigenvalue weighted by atomic mass is 9.95. The molecule has 21 heavy (non-hydrogen) atoms. The van der Waals surface area contributed by atoms with Crippen LogP contribution in [0.25, 0.3) is 10.4 Å². The standard InChI is InChI=1S/C16H17N3OS/c20-15(19-13-8-11-6-7-12(13)18-11)16-17-9-14(21-16)10-4-2-1-3-5-10/h1-5,9,11-13,18H,6-8H2,(H,19,20). The fraction of sp³-hybridized carbons (Fsp3) is 0.375. The van der Waals surface area contributed by atoms with Gasteiger partial charge in [-0.05, 0) is 24.8 Å². The number of fused-ring (bicyclic) bond motifs is 2. The van der Waals surface area contributed by atoms with E-state index in [0.29, 0.717) is 17.1 Å². The number of benzene rings is 1. The van der Waals surface area contributed by atoms with Crippen molar-refractivity contribution in [2.24, 2.45) is 0 Å². The van der Waals surface area contributed by atoms with Crippen LogP contribution in [0, 0.1) is 0 Å². The van der Waals surface area contributed by atoms with Crippen molar-refractivity contribution in [1.82, 2.24) is 15.6 Å². The Hall–Kier alpha value is -1.72. The van der Waals surface area contributed by atoms with Crippen molar-refractivity contribution < 1.29 is 4.79 Å². The Morgan fingerprint density at radius 3 is 2.86 bits per heavy atom.